The largest absolute Gasteiger partial charge is 0.494 e. The second kappa shape index (κ2) is 7.65. The Labute approximate surface area is 163 Å². The molecule has 2 aromatic carbocycles. The van der Waals surface area contributed by atoms with Crippen LogP contribution in [0.1, 0.15) is 10.9 Å². The highest BCUT2D eigenvalue weighted by molar-refractivity contribution is 7.18. The highest BCUT2D eigenvalue weighted by Crippen LogP contribution is 2.30. The summed E-state index contributed by atoms with van der Waals surface area (Å²) in [5.74, 6) is 0.988. The number of carboxylic acids is 1. The molecule has 0 saturated carbocycles. The topological polar surface area (TPSA) is 108 Å². The van der Waals surface area contributed by atoms with E-state index >= 15 is 0 Å². The van der Waals surface area contributed by atoms with Crippen LogP contribution in [0.25, 0.3) is 21.7 Å². The number of nitrogens with zero attached hydrogens (tertiary/aromatic N) is 3. The van der Waals surface area contributed by atoms with Gasteiger partial charge in [-0.1, -0.05) is 6.07 Å². The minimum Gasteiger partial charge on any atom is -0.494 e. The predicted octanol–water partition coefficient (Wildman–Crippen LogP) is 3.41. The molecule has 28 heavy (non-hydrogen) atoms. The zero-order chi connectivity index (χ0) is 19.5. The van der Waals surface area contributed by atoms with Gasteiger partial charge < -0.3 is 19.0 Å². The Morgan fingerprint density at radius 3 is 2.75 bits per heavy atom. The summed E-state index contributed by atoms with van der Waals surface area (Å²) in [6.45, 7) is -0.392. The molecule has 0 fully saturated rings. The van der Waals surface area contributed by atoms with E-state index in [1.54, 1.807) is 42.7 Å². The van der Waals surface area contributed by atoms with E-state index in [-0.39, 0.29) is 0 Å². The zero-order valence-electron chi connectivity index (χ0n) is 14.8. The molecule has 142 valence electrons. The monoisotopic (exact) mass is 397 g/mol. The molecule has 0 aliphatic heterocycles. The number of benzene rings is 2. The van der Waals surface area contributed by atoms with Gasteiger partial charge >= 0.3 is 5.97 Å². The number of carboxylic acid groups (broad SMARTS) is 1. The van der Waals surface area contributed by atoms with E-state index in [9.17, 15) is 4.79 Å². The van der Waals surface area contributed by atoms with Crippen LogP contribution >= 0.6 is 11.3 Å². The van der Waals surface area contributed by atoms with E-state index in [1.165, 1.54) is 0 Å². The minimum absolute atomic E-state index is 0.374. The van der Waals surface area contributed by atoms with E-state index in [1.807, 2.05) is 18.2 Å². The average molecular weight is 397 g/mol. The van der Waals surface area contributed by atoms with Crippen molar-refractivity contribution >= 4 is 27.5 Å². The van der Waals surface area contributed by atoms with Crippen LogP contribution in [0, 0.1) is 0 Å². The van der Waals surface area contributed by atoms with E-state index in [0.29, 0.717) is 29.5 Å². The Morgan fingerprint density at radius 1 is 1.18 bits per heavy atom. The lowest BCUT2D eigenvalue weighted by Gasteiger charge is -2.02. The van der Waals surface area contributed by atoms with Gasteiger partial charge in [-0.25, -0.2) is 9.78 Å². The Hall–Kier alpha value is -3.46. The molecule has 0 spiro atoms. The van der Waals surface area contributed by atoms with E-state index in [2.05, 4.69) is 15.2 Å². The predicted molar refractivity (Wildman–Crippen MR) is 102 cm³/mol. The highest BCUT2D eigenvalue weighted by Gasteiger charge is 2.14. The number of hydrogen-bond acceptors (Lipinski definition) is 8. The summed E-state index contributed by atoms with van der Waals surface area (Å²) in [5.41, 5.74) is 1.54. The first-order chi connectivity index (χ1) is 13.6. The molecule has 2 heterocycles. The fourth-order valence-corrected chi connectivity index (χ4v) is 3.60. The van der Waals surface area contributed by atoms with Gasteiger partial charge in [0.2, 0.25) is 11.8 Å². The number of rotatable bonds is 7. The quantitative estimate of drug-likeness (QED) is 0.505. The SMILES string of the molecule is COc1cccc2sc(Cc3nnc(-c4ccc(OCC(=O)O)cc4)o3)nc12. The number of aromatic nitrogens is 3. The first-order valence-corrected chi connectivity index (χ1v) is 9.14. The molecule has 0 atom stereocenters. The van der Waals surface area contributed by atoms with Crippen LogP contribution in [0.2, 0.25) is 0 Å². The molecule has 0 radical (unpaired) electrons. The summed E-state index contributed by atoms with van der Waals surface area (Å²) < 4.78 is 17.2. The highest BCUT2D eigenvalue weighted by atomic mass is 32.1. The van der Waals surface area contributed by atoms with Crippen molar-refractivity contribution in [1.82, 2.24) is 15.2 Å². The first kappa shape index (κ1) is 17.9. The number of ether oxygens (including phenoxy) is 2. The molecule has 0 unspecified atom stereocenters. The van der Waals surface area contributed by atoms with Crippen molar-refractivity contribution in [3.63, 3.8) is 0 Å². The number of thiazole rings is 1. The van der Waals surface area contributed by atoms with Crippen LogP contribution in [0.15, 0.2) is 46.9 Å². The normalized spacial score (nSPS) is 10.9. The van der Waals surface area contributed by atoms with Gasteiger partial charge in [0.05, 0.1) is 18.2 Å². The maximum Gasteiger partial charge on any atom is 0.341 e. The van der Waals surface area contributed by atoms with Crippen LogP contribution in [-0.4, -0.2) is 40.0 Å². The maximum absolute atomic E-state index is 10.5. The summed E-state index contributed by atoms with van der Waals surface area (Å²) in [6, 6.07) is 12.6. The van der Waals surface area contributed by atoms with Gasteiger partial charge in [0, 0.05) is 5.56 Å². The first-order valence-electron chi connectivity index (χ1n) is 8.32. The molecule has 4 aromatic rings. The third kappa shape index (κ3) is 3.79. The Balaban J connectivity index is 1.49. The lowest BCUT2D eigenvalue weighted by Crippen LogP contribution is -2.09. The summed E-state index contributed by atoms with van der Waals surface area (Å²) in [7, 11) is 1.62. The molecule has 0 aliphatic carbocycles. The molecule has 0 aliphatic rings. The van der Waals surface area contributed by atoms with Gasteiger partial charge in [0.1, 0.15) is 22.0 Å². The number of para-hydroxylation sites is 1. The van der Waals surface area contributed by atoms with E-state index in [0.717, 1.165) is 21.0 Å². The molecule has 0 saturated heterocycles. The second-order valence-electron chi connectivity index (χ2n) is 5.80. The van der Waals surface area contributed by atoms with Crippen LogP contribution in [0.4, 0.5) is 0 Å². The number of carbonyl (C=O) groups is 1. The minimum atomic E-state index is -1.03. The lowest BCUT2D eigenvalue weighted by molar-refractivity contribution is -0.139. The van der Waals surface area contributed by atoms with E-state index < -0.39 is 12.6 Å². The molecule has 9 heteroatoms. The summed E-state index contributed by atoms with van der Waals surface area (Å²) in [5, 5.41) is 17.7. The van der Waals surface area contributed by atoms with Crippen LogP contribution in [0.3, 0.4) is 0 Å². The molecule has 0 bridgehead atoms. The fourth-order valence-electron chi connectivity index (χ4n) is 2.62. The molecule has 4 rings (SSSR count). The average Bonchev–Trinajstić information content (AvgIpc) is 3.33. The third-order valence-electron chi connectivity index (χ3n) is 3.88. The van der Waals surface area contributed by atoms with Gasteiger partial charge in [-0.05, 0) is 36.4 Å². The Bertz CT molecular complexity index is 1120. The maximum atomic E-state index is 10.5. The molecule has 8 nitrogen and oxygen atoms in total. The fraction of sp³-hybridized carbons (Fsp3) is 0.158. The zero-order valence-corrected chi connectivity index (χ0v) is 15.6. The van der Waals surface area contributed by atoms with Crippen molar-refractivity contribution in [3.8, 4) is 23.0 Å². The Kier molecular flexibility index (Phi) is 4.90. The number of methoxy groups -OCH3 is 1. The van der Waals surface area contributed by atoms with E-state index in [4.69, 9.17) is 19.0 Å². The summed E-state index contributed by atoms with van der Waals surface area (Å²) in [4.78, 5) is 15.1. The van der Waals surface area contributed by atoms with Crippen LogP contribution in [-0.2, 0) is 11.2 Å². The number of fused-ring (bicyclic) bond motifs is 1. The molecular weight excluding hydrogens is 382 g/mol. The molecule has 0 amide bonds. The van der Waals surface area contributed by atoms with Crippen molar-refractivity contribution in [2.75, 3.05) is 13.7 Å². The van der Waals surface area contributed by atoms with Crippen molar-refractivity contribution in [3.05, 3.63) is 53.4 Å². The number of aliphatic carboxylic acids is 1. The number of hydrogen-bond donors (Lipinski definition) is 1. The van der Waals surface area contributed by atoms with Crippen LogP contribution in [0.5, 0.6) is 11.5 Å². The van der Waals surface area contributed by atoms with Crippen molar-refractivity contribution in [2.24, 2.45) is 0 Å². The van der Waals surface area contributed by atoms with Gasteiger partial charge in [0.25, 0.3) is 0 Å². The van der Waals surface area contributed by atoms with Crippen molar-refractivity contribution in [2.45, 2.75) is 6.42 Å². The van der Waals surface area contributed by atoms with Gasteiger partial charge in [-0.3, -0.25) is 0 Å². The standard InChI is InChI=1S/C19H15N3O5S/c1-25-13-3-2-4-14-18(13)20-16(28-14)9-15-21-22-19(27-15)11-5-7-12(8-6-11)26-10-17(23)24/h2-8H,9-10H2,1H3,(H,23,24). The molecular formula is C19H15N3O5S. The Morgan fingerprint density at radius 2 is 2.00 bits per heavy atom. The lowest BCUT2D eigenvalue weighted by atomic mass is 10.2. The smallest absolute Gasteiger partial charge is 0.341 e. The molecule has 1 N–H and O–H groups in total. The molecule has 2 aromatic heterocycles. The van der Waals surface area contributed by atoms with Crippen molar-refractivity contribution in [1.29, 1.82) is 0 Å². The summed E-state index contributed by atoms with van der Waals surface area (Å²) in [6.07, 6.45) is 0.426. The van der Waals surface area contributed by atoms with Crippen LogP contribution < -0.4 is 9.47 Å². The van der Waals surface area contributed by atoms with Gasteiger partial charge in [0.15, 0.2) is 6.61 Å². The third-order valence-corrected chi connectivity index (χ3v) is 4.90. The van der Waals surface area contributed by atoms with Crippen molar-refractivity contribution < 1.29 is 23.8 Å². The van der Waals surface area contributed by atoms with Gasteiger partial charge in [-0.15, -0.1) is 21.5 Å². The summed E-state index contributed by atoms with van der Waals surface area (Å²) >= 11 is 1.55. The second-order valence-corrected chi connectivity index (χ2v) is 6.91. The van der Waals surface area contributed by atoms with Gasteiger partial charge in [-0.2, -0.15) is 0 Å².